The summed E-state index contributed by atoms with van der Waals surface area (Å²) in [5.41, 5.74) is 10.3. The quantitative estimate of drug-likeness (QED) is 0.576. The number of benzene rings is 2. The van der Waals surface area contributed by atoms with Gasteiger partial charge in [0.05, 0.1) is 16.6 Å². The van der Waals surface area contributed by atoms with Gasteiger partial charge in [0.2, 0.25) is 0 Å². The summed E-state index contributed by atoms with van der Waals surface area (Å²) in [5, 5.41) is 1.06. The molecule has 2 N–H and O–H groups in total. The molecule has 0 saturated carbocycles. The monoisotopic (exact) mass is 272 g/mol. The minimum absolute atomic E-state index is 0.442. The first-order chi connectivity index (χ1) is 10.3. The van der Waals surface area contributed by atoms with Crippen molar-refractivity contribution >= 4 is 27.8 Å². The molecule has 0 spiro atoms. The molecule has 0 aliphatic carbocycles. The fraction of sp³-hybridized carbons (Fsp3) is 0. The summed E-state index contributed by atoms with van der Waals surface area (Å²) in [6.07, 6.45) is 1.78. The van der Waals surface area contributed by atoms with Crippen molar-refractivity contribution in [2.45, 2.75) is 0 Å². The van der Waals surface area contributed by atoms with Crippen LogP contribution in [0.2, 0.25) is 0 Å². The maximum absolute atomic E-state index is 6.07. The summed E-state index contributed by atoms with van der Waals surface area (Å²) in [5.74, 6) is 0.442. The zero-order valence-electron chi connectivity index (χ0n) is 11.2. The molecule has 4 heteroatoms. The molecule has 0 aliphatic rings. The fourth-order valence-electron chi connectivity index (χ4n) is 2.45. The maximum atomic E-state index is 6.07. The molecule has 0 aliphatic heterocycles. The summed E-state index contributed by atoms with van der Waals surface area (Å²) in [4.78, 5) is 13.4. The summed E-state index contributed by atoms with van der Waals surface area (Å²) in [7, 11) is 0. The van der Waals surface area contributed by atoms with Crippen LogP contribution >= 0.6 is 0 Å². The lowest BCUT2D eigenvalue weighted by atomic mass is 10.1. The van der Waals surface area contributed by atoms with E-state index in [9.17, 15) is 0 Å². The van der Waals surface area contributed by atoms with Crippen molar-refractivity contribution in [3.05, 3.63) is 60.8 Å². The van der Waals surface area contributed by atoms with Crippen LogP contribution in [-0.4, -0.2) is 15.0 Å². The molecule has 0 atom stereocenters. The van der Waals surface area contributed by atoms with Gasteiger partial charge >= 0.3 is 0 Å². The minimum atomic E-state index is 0.442. The Morgan fingerprint density at radius 3 is 2.43 bits per heavy atom. The molecule has 0 saturated heterocycles. The Kier molecular flexibility index (Phi) is 2.54. The number of nitrogen functional groups attached to an aromatic ring is 1. The number of pyridine rings is 1. The molecule has 2 aromatic heterocycles. The fourth-order valence-corrected chi connectivity index (χ4v) is 2.45. The SMILES string of the molecule is Nc1nc2ccccc2nc1-c1ccc2ncccc2c1. The lowest BCUT2D eigenvalue weighted by molar-refractivity contribution is 1.30. The summed E-state index contributed by atoms with van der Waals surface area (Å²) in [6.45, 7) is 0. The van der Waals surface area contributed by atoms with Crippen LogP contribution in [0.25, 0.3) is 33.2 Å². The molecule has 0 unspecified atom stereocenters. The zero-order valence-corrected chi connectivity index (χ0v) is 11.2. The first kappa shape index (κ1) is 11.8. The Morgan fingerprint density at radius 1 is 0.762 bits per heavy atom. The Hall–Kier alpha value is -3.01. The van der Waals surface area contributed by atoms with E-state index in [2.05, 4.69) is 15.0 Å². The molecular formula is C17H12N4. The summed E-state index contributed by atoms with van der Waals surface area (Å²) >= 11 is 0. The second kappa shape index (κ2) is 4.52. The van der Waals surface area contributed by atoms with Crippen LogP contribution in [0, 0.1) is 0 Å². The van der Waals surface area contributed by atoms with Crippen molar-refractivity contribution < 1.29 is 0 Å². The largest absolute Gasteiger partial charge is 0.382 e. The lowest BCUT2D eigenvalue weighted by Crippen LogP contribution is -1.98. The van der Waals surface area contributed by atoms with E-state index in [1.165, 1.54) is 0 Å². The average Bonchev–Trinajstić information content (AvgIpc) is 2.54. The van der Waals surface area contributed by atoms with Gasteiger partial charge in [-0.3, -0.25) is 4.98 Å². The van der Waals surface area contributed by atoms with Crippen molar-refractivity contribution in [1.82, 2.24) is 15.0 Å². The highest BCUT2D eigenvalue weighted by atomic mass is 14.9. The Balaban J connectivity index is 1.96. The van der Waals surface area contributed by atoms with Crippen LogP contribution in [0.1, 0.15) is 0 Å². The Bertz CT molecular complexity index is 963. The molecule has 0 radical (unpaired) electrons. The van der Waals surface area contributed by atoms with Gasteiger partial charge in [0, 0.05) is 17.1 Å². The predicted octanol–water partition coefficient (Wildman–Crippen LogP) is 3.43. The third kappa shape index (κ3) is 1.97. The Labute approximate surface area is 121 Å². The van der Waals surface area contributed by atoms with Gasteiger partial charge in [-0.1, -0.05) is 24.3 Å². The number of rotatable bonds is 1. The molecule has 4 aromatic rings. The third-order valence-corrected chi connectivity index (χ3v) is 3.47. The maximum Gasteiger partial charge on any atom is 0.150 e. The smallest absolute Gasteiger partial charge is 0.150 e. The van der Waals surface area contributed by atoms with Crippen molar-refractivity contribution in [2.75, 3.05) is 5.73 Å². The first-order valence-electron chi connectivity index (χ1n) is 6.69. The molecule has 0 bridgehead atoms. The standard InChI is InChI=1S/C17H12N4/c18-17-16(20-14-5-1-2-6-15(14)21-17)12-7-8-13-11(10-12)4-3-9-19-13/h1-10H,(H2,18,21). The molecular weight excluding hydrogens is 260 g/mol. The highest BCUT2D eigenvalue weighted by Crippen LogP contribution is 2.27. The Morgan fingerprint density at radius 2 is 1.57 bits per heavy atom. The van der Waals surface area contributed by atoms with Crippen molar-refractivity contribution in [3.8, 4) is 11.3 Å². The molecule has 4 nitrogen and oxygen atoms in total. The molecule has 0 fully saturated rings. The number of fused-ring (bicyclic) bond motifs is 2. The van der Waals surface area contributed by atoms with Gasteiger partial charge in [-0.15, -0.1) is 0 Å². The van der Waals surface area contributed by atoms with Crippen LogP contribution in [0.3, 0.4) is 0 Å². The number of para-hydroxylation sites is 2. The van der Waals surface area contributed by atoms with Gasteiger partial charge in [-0.05, 0) is 30.3 Å². The molecule has 0 amide bonds. The van der Waals surface area contributed by atoms with E-state index in [0.717, 1.165) is 27.5 Å². The van der Waals surface area contributed by atoms with E-state index in [-0.39, 0.29) is 0 Å². The van der Waals surface area contributed by atoms with Crippen molar-refractivity contribution in [2.24, 2.45) is 0 Å². The van der Waals surface area contributed by atoms with E-state index >= 15 is 0 Å². The lowest BCUT2D eigenvalue weighted by Gasteiger charge is -2.07. The van der Waals surface area contributed by atoms with E-state index in [0.29, 0.717) is 11.5 Å². The van der Waals surface area contributed by atoms with Crippen molar-refractivity contribution in [3.63, 3.8) is 0 Å². The third-order valence-electron chi connectivity index (χ3n) is 3.47. The zero-order chi connectivity index (χ0) is 14.2. The van der Waals surface area contributed by atoms with Gasteiger partial charge in [0.15, 0.2) is 5.82 Å². The molecule has 2 heterocycles. The van der Waals surface area contributed by atoms with Crippen LogP contribution in [0.5, 0.6) is 0 Å². The second-order valence-electron chi connectivity index (χ2n) is 4.86. The summed E-state index contributed by atoms with van der Waals surface area (Å²) in [6, 6.07) is 17.7. The molecule has 4 rings (SSSR count). The van der Waals surface area contributed by atoms with Crippen molar-refractivity contribution in [1.29, 1.82) is 0 Å². The molecule has 21 heavy (non-hydrogen) atoms. The van der Waals surface area contributed by atoms with E-state index in [1.807, 2.05) is 54.6 Å². The average molecular weight is 272 g/mol. The van der Waals surface area contributed by atoms with Crippen LogP contribution in [-0.2, 0) is 0 Å². The highest BCUT2D eigenvalue weighted by Gasteiger charge is 2.09. The van der Waals surface area contributed by atoms with Gasteiger partial charge in [-0.2, -0.15) is 0 Å². The van der Waals surface area contributed by atoms with Gasteiger partial charge < -0.3 is 5.73 Å². The number of nitrogens with two attached hydrogens (primary N) is 1. The van der Waals surface area contributed by atoms with Crippen LogP contribution in [0.4, 0.5) is 5.82 Å². The van der Waals surface area contributed by atoms with Gasteiger partial charge in [0.1, 0.15) is 5.69 Å². The number of anilines is 1. The summed E-state index contributed by atoms with van der Waals surface area (Å²) < 4.78 is 0. The number of aromatic nitrogens is 3. The molecule has 2 aromatic carbocycles. The topological polar surface area (TPSA) is 64.7 Å². The van der Waals surface area contributed by atoms with Gasteiger partial charge in [-0.25, -0.2) is 9.97 Å². The molecule has 100 valence electrons. The van der Waals surface area contributed by atoms with E-state index in [4.69, 9.17) is 5.73 Å². The highest BCUT2D eigenvalue weighted by molar-refractivity contribution is 5.88. The normalized spacial score (nSPS) is 11.0. The van der Waals surface area contributed by atoms with E-state index < -0.39 is 0 Å². The minimum Gasteiger partial charge on any atom is -0.382 e. The van der Waals surface area contributed by atoms with Crippen LogP contribution < -0.4 is 5.73 Å². The van der Waals surface area contributed by atoms with E-state index in [1.54, 1.807) is 6.20 Å². The number of nitrogens with zero attached hydrogens (tertiary/aromatic N) is 3. The number of hydrogen-bond acceptors (Lipinski definition) is 4. The second-order valence-corrected chi connectivity index (χ2v) is 4.86. The first-order valence-corrected chi connectivity index (χ1v) is 6.69. The van der Waals surface area contributed by atoms with Crippen LogP contribution in [0.15, 0.2) is 60.8 Å². The number of hydrogen-bond donors (Lipinski definition) is 1. The predicted molar refractivity (Wildman–Crippen MR) is 84.7 cm³/mol. The van der Waals surface area contributed by atoms with Gasteiger partial charge in [0.25, 0.3) is 0 Å².